The molecule has 164 valence electrons. The fourth-order valence-electron chi connectivity index (χ4n) is 3.95. The molecule has 0 saturated carbocycles. The van der Waals surface area contributed by atoms with Crippen molar-refractivity contribution in [2.75, 3.05) is 65.2 Å². The Morgan fingerprint density at radius 3 is 2.50 bits per heavy atom. The van der Waals surface area contributed by atoms with Crippen molar-refractivity contribution < 1.29 is 13.2 Å². The van der Waals surface area contributed by atoms with Gasteiger partial charge in [0.05, 0.1) is 18.5 Å². The smallest absolute Gasteiger partial charge is 0.216 e. The molecule has 2 aliphatic heterocycles. The number of rotatable bonds is 8. The lowest BCUT2D eigenvalue weighted by Gasteiger charge is -2.38. The summed E-state index contributed by atoms with van der Waals surface area (Å²) < 4.78 is 32.0. The molecule has 1 unspecified atom stereocenters. The van der Waals surface area contributed by atoms with Gasteiger partial charge < -0.3 is 15.0 Å². The zero-order valence-electron chi connectivity index (χ0n) is 18.1. The van der Waals surface area contributed by atoms with E-state index in [0.29, 0.717) is 32.2 Å². The number of ether oxygens (including phenoxy) is 1. The summed E-state index contributed by atoms with van der Waals surface area (Å²) in [5.41, 5.74) is 0. The van der Waals surface area contributed by atoms with Crippen LogP contribution in [0, 0.1) is 0 Å². The summed E-state index contributed by atoms with van der Waals surface area (Å²) in [6.45, 7) is 11.8. The van der Waals surface area contributed by atoms with Gasteiger partial charge in [-0.2, -0.15) is 4.31 Å². The van der Waals surface area contributed by atoms with Gasteiger partial charge in [-0.1, -0.05) is 13.3 Å². The Kier molecular flexibility index (Phi) is 9.46. The molecule has 9 heteroatoms. The highest BCUT2D eigenvalue weighted by Crippen LogP contribution is 2.16. The van der Waals surface area contributed by atoms with Crippen molar-refractivity contribution in [1.82, 2.24) is 19.4 Å². The highest BCUT2D eigenvalue weighted by molar-refractivity contribution is 7.89. The van der Waals surface area contributed by atoms with Crippen LogP contribution in [0.2, 0.25) is 0 Å². The van der Waals surface area contributed by atoms with Crippen molar-refractivity contribution in [2.24, 2.45) is 4.99 Å². The predicted octanol–water partition coefficient (Wildman–Crippen LogP) is 0.809. The number of nitrogens with one attached hydrogen (secondary N) is 1. The summed E-state index contributed by atoms with van der Waals surface area (Å²) >= 11 is 0. The van der Waals surface area contributed by atoms with Crippen molar-refractivity contribution in [3.63, 3.8) is 0 Å². The minimum atomic E-state index is -3.26. The number of nitrogens with zero attached hydrogens (tertiary/aromatic N) is 4. The molecule has 2 aliphatic rings. The van der Waals surface area contributed by atoms with Gasteiger partial charge in [-0.25, -0.2) is 8.42 Å². The van der Waals surface area contributed by atoms with Crippen molar-refractivity contribution in [1.29, 1.82) is 0 Å². The Hall–Kier alpha value is -0.900. The summed E-state index contributed by atoms with van der Waals surface area (Å²) in [6, 6.07) is 0.554. The first kappa shape index (κ1) is 23.4. The molecule has 0 radical (unpaired) electrons. The molecule has 0 aromatic heterocycles. The van der Waals surface area contributed by atoms with Gasteiger partial charge in [-0.15, -0.1) is 0 Å². The molecule has 0 amide bonds. The second-order valence-electron chi connectivity index (χ2n) is 7.83. The number of likely N-dealkylation sites (N-methyl/N-ethyl adjacent to an activating group) is 1. The molecule has 1 N–H and O–H groups in total. The Morgan fingerprint density at radius 2 is 1.89 bits per heavy atom. The highest BCUT2D eigenvalue weighted by Gasteiger charge is 2.28. The molecular formula is C19H39N5O3S. The Morgan fingerprint density at radius 1 is 1.18 bits per heavy atom. The quantitative estimate of drug-likeness (QED) is 0.465. The first-order valence-corrected chi connectivity index (χ1v) is 12.3. The zero-order valence-corrected chi connectivity index (χ0v) is 18.9. The summed E-state index contributed by atoms with van der Waals surface area (Å²) in [5, 5.41) is 3.52. The molecule has 0 bridgehead atoms. The summed E-state index contributed by atoms with van der Waals surface area (Å²) in [7, 11) is -1.46. The van der Waals surface area contributed by atoms with E-state index in [4.69, 9.17) is 4.74 Å². The summed E-state index contributed by atoms with van der Waals surface area (Å²) in [6.07, 6.45) is 3.85. The average molecular weight is 418 g/mol. The van der Waals surface area contributed by atoms with Gasteiger partial charge in [-0.05, 0) is 39.8 Å². The third kappa shape index (κ3) is 6.86. The van der Waals surface area contributed by atoms with Crippen LogP contribution in [0.25, 0.3) is 0 Å². The van der Waals surface area contributed by atoms with E-state index >= 15 is 0 Å². The third-order valence-electron chi connectivity index (χ3n) is 5.59. The fraction of sp³-hybridized carbons (Fsp3) is 0.947. The van der Waals surface area contributed by atoms with Gasteiger partial charge in [0.2, 0.25) is 10.0 Å². The molecule has 2 fully saturated rings. The molecule has 28 heavy (non-hydrogen) atoms. The first-order valence-electron chi connectivity index (χ1n) is 10.7. The monoisotopic (exact) mass is 417 g/mol. The first-order chi connectivity index (χ1) is 13.4. The summed E-state index contributed by atoms with van der Waals surface area (Å²) in [5.74, 6) is 0.925. The number of likely N-dealkylation sites (tertiary alicyclic amines) is 1. The lowest BCUT2D eigenvalue weighted by atomic mass is 10.0. The molecule has 1 atom stereocenters. The SMILES string of the molecule is CCN1CCCCC1CNC(=NC)N1CCN(S(=O)(=O)CCOC(C)C)CC1. The lowest BCUT2D eigenvalue weighted by molar-refractivity contribution is 0.0904. The topological polar surface area (TPSA) is 77.5 Å². The Bertz CT molecular complexity index is 588. The molecule has 0 spiro atoms. The van der Waals surface area contributed by atoms with Gasteiger partial charge in [0.25, 0.3) is 0 Å². The van der Waals surface area contributed by atoms with Gasteiger partial charge >= 0.3 is 0 Å². The van der Waals surface area contributed by atoms with E-state index in [1.165, 1.54) is 25.8 Å². The number of sulfonamides is 1. The number of aliphatic imine (C=N–C) groups is 1. The van der Waals surface area contributed by atoms with Crippen molar-refractivity contribution in [2.45, 2.75) is 52.2 Å². The molecule has 0 aliphatic carbocycles. The zero-order chi connectivity index (χ0) is 20.6. The second-order valence-corrected chi connectivity index (χ2v) is 9.92. The Labute approximate surface area is 171 Å². The second kappa shape index (κ2) is 11.3. The maximum atomic E-state index is 12.5. The van der Waals surface area contributed by atoms with Crippen LogP contribution in [-0.4, -0.2) is 106 Å². The minimum Gasteiger partial charge on any atom is -0.378 e. The maximum Gasteiger partial charge on any atom is 0.216 e. The number of piperazine rings is 1. The van der Waals surface area contributed by atoms with Crippen LogP contribution < -0.4 is 5.32 Å². The predicted molar refractivity (Wildman–Crippen MR) is 114 cm³/mol. The van der Waals surface area contributed by atoms with E-state index in [-0.39, 0.29) is 18.5 Å². The number of hydrogen-bond acceptors (Lipinski definition) is 5. The standard InChI is InChI=1S/C19H39N5O3S/c1-5-22-9-7-6-8-18(22)16-21-19(20-4)23-10-12-24(13-11-23)28(25,26)15-14-27-17(2)3/h17-18H,5-16H2,1-4H3,(H,20,21). The lowest BCUT2D eigenvalue weighted by Crippen LogP contribution is -2.56. The van der Waals surface area contributed by atoms with Crippen LogP contribution in [0.5, 0.6) is 0 Å². The number of hydrogen-bond donors (Lipinski definition) is 1. The van der Waals surface area contributed by atoms with E-state index in [1.807, 2.05) is 13.8 Å². The van der Waals surface area contributed by atoms with E-state index in [2.05, 4.69) is 27.0 Å². The van der Waals surface area contributed by atoms with E-state index < -0.39 is 10.0 Å². The summed E-state index contributed by atoms with van der Waals surface area (Å²) in [4.78, 5) is 9.13. The number of piperidine rings is 1. The van der Waals surface area contributed by atoms with Crippen molar-refractivity contribution in [3.8, 4) is 0 Å². The van der Waals surface area contributed by atoms with Crippen molar-refractivity contribution >= 4 is 16.0 Å². The highest BCUT2D eigenvalue weighted by atomic mass is 32.2. The fourth-order valence-corrected chi connectivity index (χ4v) is 5.23. The normalized spacial score (nSPS) is 23.4. The molecule has 8 nitrogen and oxygen atoms in total. The molecule has 2 heterocycles. The number of guanidine groups is 1. The minimum absolute atomic E-state index is 0.0483. The molecule has 0 aromatic rings. The van der Waals surface area contributed by atoms with Gasteiger partial charge in [0, 0.05) is 45.8 Å². The van der Waals surface area contributed by atoms with Gasteiger partial charge in [0.1, 0.15) is 0 Å². The van der Waals surface area contributed by atoms with Crippen LogP contribution in [0.15, 0.2) is 4.99 Å². The maximum absolute atomic E-state index is 12.5. The van der Waals surface area contributed by atoms with Crippen molar-refractivity contribution in [3.05, 3.63) is 0 Å². The average Bonchev–Trinajstić information content (AvgIpc) is 2.68. The third-order valence-corrected chi connectivity index (χ3v) is 7.42. The van der Waals surface area contributed by atoms with Crippen LogP contribution in [0.3, 0.4) is 0 Å². The van der Waals surface area contributed by atoms with Crippen LogP contribution >= 0.6 is 0 Å². The van der Waals surface area contributed by atoms with E-state index in [1.54, 1.807) is 11.4 Å². The van der Waals surface area contributed by atoms with Gasteiger partial charge in [-0.3, -0.25) is 9.89 Å². The van der Waals surface area contributed by atoms with E-state index in [9.17, 15) is 8.42 Å². The van der Waals surface area contributed by atoms with E-state index in [0.717, 1.165) is 19.0 Å². The van der Waals surface area contributed by atoms with Crippen LogP contribution in [0.4, 0.5) is 0 Å². The molecule has 2 saturated heterocycles. The molecule has 0 aromatic carbocycles. The molecule has 2 rings (SSSR count). The van der Waals surface area contributed by atoms with Crippen LogP contribution in [-0.2, 0) is 14.8 Å². The van der Waals surface area contributed by atoms with Gasteiger partial charge in [0.15, 0.2) is 5.96 Å². The molecular weight excluding hydrogens is 378 g/mol. The van der Waals surface area contributed by atoms with Crippen LogP contribution in [0.1, 0.15) is 40.0 Å². The Balaban J connectivity index is 1.80. The largest absolute Gasteiger partial charge is 0.378 e.